The molecule has 42 heavy (non-hydrogen) atoms. The standard InChI is InChI=1S/C33H32ClN7O/c1-19-24(7-5-10-27(19)41-33-32-29(11-6-16-36-32)38-21(3)39-33)25-8-4-9-26(31(25)34)28-14-12-22(20(2)37-28)17-35-18-23-13-15-30(42)40-23/h4-12,14,16,23,35H,13,15,17-18H2,1-3H3,(H,40,42)(H,38,39,41)/t23-/m0/s1. The molecular weight excluding hydrogens is 546 g/mol. The lowest BCUT2D eigenvalue weighted by Crippen LogP contribution is -2.35. The minimum atomic E-state index is 0.132. The molecule has 0 saturated carbocycles. The van der Waals surface area contributed by atoms with Crippen LogP contribution in [0.5, 0.6) is 0 Å². The van der Waals surface area contributed by atoms with Gasteiger partial charge in [-0.2, -0.15) is 0 Å². The Labute approximate surface area is 250 Å². The lowest BCUT2D eigenvalue weighted by atomic mass is 9.96. The summed E-state index contributed by atoms with van der Waals surface area (Å²) in [5.41, 5.74) is 9.20. The molecule has 0 spiro atoms. The third kappa shape index (κ3) is 5.68. The van der Waals surface area contributed by atoms with Gasteiger partial charge in [0.1, 0.15) is 11.3 Å². The van der Waals surface area contributed by atoms with Crippen molar-refractivity contribution in [3.63, 3.8) is 0 Å². The van der Waals surface area contributed by atoms with Crippen LogP contribution in [-0.4, -0.2) is 38.4 Å². The summed E-state index contributed by atoms with van der Waals surface area (Å²) in [5, 5.41) is 10.6. The van der Waals surface area contributed by atoms with Gasteiger partial charge in [-0.3, -0.25) is 14.8 Å². The van der Waals surface area contributed by atoms with Crippen molar-refractivity contribution in [2.45, 2.75) is 46.2 Å². The van der Waals surface area contributed by atoms with Crippen LogP contribution in [0.15, 0.2) is 66.9 Å². The first-order chi connectivity index (χ1) is 20.4. The second-order valence-corrected chi connectivity index (χ2v) is 11.0. The molecule has 1 atom stereocenters. The molecule has 1 aliphatic rings. The van der Waals surface area contributed by atoms with Gasteiger partial charge < -0.3 is 16.0 Å². The Morgan fingerprint density at radius 3 is 2.55 bits per heavy atom. The number of halogens is 1. The maximum Gasteiger partial charge on any atom is 0.220 e. The second kappa shape index (κ2) is 11.8. The largest absolute Gasteiger partial charge is 0.352 e. The van der Waals surface area contributed by atoms with Gasteiger partial charge in [0.2, 0.25) is 5.91 Å². The minimum absolute atomic E-state index is 0.132. The van der Waals surface area contributed by atoms with Gasteiger partial charge in [-0.1, -0.05) is 48.0 Å². The minimum Gasteiger partial charge on any atom is -0.352 e. The fraction of sp³-hybridized carbons (Fsp3) is 0.242. The number of nitrogens with zero attached hydrogens (tertiary/aromatic N) is 4. The molecule has 6 rings (SSSR count). The first-order valence-corrected chi connectivity index (χ1v) is 14.5. The fourth-order valence-corrected chi connectivity index (χ4v) is 5.76. The Hall–Kier alpha value is -4.40. The highest BCUT2D eigenvalue weighted by Crippen LogP contribution is 2.39. The quantitative estimate of drug-likeness (QED) is 0.195. The van der Waals surface area contributed by atoms with E-state index in [9.17, 15) is 4.79 Å². The number of rotatable bonds is 8. The number of aromatic nitrogens is 4. The average molecular weight is 578 g/mol. The van der Waals surface area contributed by atoms with Gasteiger partial charge >= 0.3 is 0 Å². The Balaban J connectivity index is 1.25. The third-order valence-electron chi connectivity index (χ3n) is 7.70. The zero-order chi connectivity index (χ0) is 29.2. The van der Waals surface area contributed by atoms with Crippen molar-refractivity contribution < 1.29 is 4.79 Å². The summed E-state index contributed by atoms with van der Waals surface area (Å²) >= 11 is 7.08. The fourth-order valence-electron chi connectivity index (χ4n) is 5.44. The van der Waals surface area contributed by atoms with Gasteiger partial charge in [-0.15, -0.1) is 0 Å². The van der Waals surface area contributed by atoms with Gasteiger partial charge in [0, 0.05) is 54.3 Å². The van der Waals surface area contributed by atoms with E-state index >= 15 is 0 Å². The molecule has 0 unspecified atom stereocenters. The highest BCUT2D eigenvalue weighted by atomic mass is 35.5. The van der Waals surface area contributed by atoms with Crippen molar-refractivity contribution in [1.82, 2.24) is 30.6 Å². The van der Waals surface area contributed by atoms with Crippen LogP contribution in [0.25, 0.3) is 33.4 Å². The second-order valence-electron chi connectivity index (χ2n) is 10.6. The molecule has 0 bridgehead atoms. The van der Waals surface area contributed by atoms with Crippen LogP contribution in [0.3, 0.4) is 0 Å². The van der Waals surface area contributed by atoms with Crippen molar-refractivity contribution in [2.24, 2.45) is 0 Å². The number of hydrogen-bond acceptors (Lipinski definition) is 7. The summed E-state index contributed by atoms with van der Waals surface area (Å²) in [6, 6.07) is 20.3. The molecule has 1 fully saturated rings. The zero-order valence-electron chi connectivity index (χ0n) is 23.8. The maximum atomic E-state index is 11.4. The number of pyridine rings is 2. The highest BCUT2D eigenvalue weighted by molar-refractivity contribution is 6.36. The molecular formula is C33H32ClN7O. The summed E-state index contributed by atoms with van der Waals surface area (Å²) in [6.45, 7) is 7.41. The van der Waals surface area contributed by atoms with Crippen molar-refractivity contribution in [1.29, 1.82) is 0 Å². The van der Waals surface area contributed by atoms with E-state index in [4.69, 9.17) is 16.6 Å². The van der Waals surface area contributed by atoms with E-state index in [0.29, 0.717) is 29.6 Å². The van der Waals surface area contributed by atoms with E-state index in [1.165, 1.54) is 0 Å². The number of amides is 1. The molecule has 1 aliphatic heterocycles. The molecule has 9 heteroatoms. The number of carbonyl (C=O) groups excluding carboxylic acids is 1. The van der Waals surface area contributed by atoms with Gasteiger partial charge in [0.15, 0.2) is 5.82 Å². The Morgan fingerprint density at radius 2 is 1.74 bits per heavy atom. The van der Waals surface area contributed by atoms with Gasteiger partial charge in [-0.25, -0.2) is 9.97 Å². The van der Waals surface area contributed by atoms with E-state index in [0.717, 1.165) is 68.9 Å². The van der Waals surface area contributed by atoms with E-state index in [2.05, 4.69) is 50.0 Å². The van der Waals surface area contributed by atoms with Crippen LogP contribution in [0.2, 0.25) is 5.02 Å². The van der Waals surface area contributed by atoms with Gasteiger partial charge in [0.05, 0.1) is 16.2 Å². The molecule has 0 aliphatic carbocycles. The molecule has 3 N–H and O–H groups in total. The van der Waals surface area contributed by atoms with Gasteiger partial charge in [-0.05, 0) is 68.1 Å². The van der Waals surface area contributed by atoms with E-state index in [-0.39, 0.29) is 11.9 Å². The number of nitrogens with one attached hydrogen (secondary N) is 3. The zero-order valence-corrected chi connectivity index (χ0v) is 24.6. The topological polar surface area (TPSA) is 105 Å². The van der Waals surface area contributed by atoms with Gasteiger partial charge in [0.25, 0.3) is 0 Å². The maximum absolute atomic E-state index is 11.4. The summed E-state index contributed by atoms with van der Waals surface area (Å²) in [7, 11) is 0. The monoisotopic (exact) mass is 577 g/mol. The lowest BCUT2D eigenvalue weighted by Gasteiger charge is -2.17. The number of benzene rings is 2. The van der Waals surface area contributed by atoms with Crippen molar-refractivity contribution in [3.8, 4) is 22.4 Å². The Bertz CT molecular complexity index is 1810. The van der Waals surface area contributed by atoms with Crippen LogP contribution in [-0.2, 0) is 11.3 Å². The Morgan fingerprint density at radius 1 is 0.929 bits per heavy atom. The van der Waals surface area contributed by atoms with Crippen LogP contribution >= 0.6 is 11.6 Å². The molecule has 1 amide bonds. The van der Waals surface area contributed by atoms with Crippen LogP contribution < -0.4 is 16.0 Å². The number of aryl methyl sites for hydroxylation is 2. The summed E-state index contributed by atoms with van der Waals surface area (Å²) < 4.78 is 0. The van der Waals surface area contributed by atoms with Crippen LogP contribution in [0.4, 0.5) is 11.5 Å². The first kappa shape index (κ1) is 27.8. The first-order valence-electron chi connectivity index (χ1n) is 14.1. The average Bonchev–Trinajstić information content (AvgIpc) is 3.40. The van der Waals surface area contributed by atoms with Crippen molar-refractivity contribution in [2.75, 3.05) is 11.9 Å². The molecule has 212 valence electrons. The SMILES string of the molecule is Cc1nc(Nc2cccc(-c3cccc(-c4ccc(CNC[C@@H]5CCC(=O)N5)c(C)n4)c3Cl)c2C)c2ncccc2n1. The summed E-state index contributed by atoms with van der Waals surface area (Å²) in [6.07, 6.45) is 3.23. The number of anilines is 2. The smallest absolute Gasteiger partial charge is 0.220 e. The number of hydrogen-bond donors (Lipinski definition) is 3. The molecule has 2 aromatic carbocycles. The summed E-state index contributed by atoms with van der Waals surface area (Å²) in [4.78, 5) is 30.0. The molecule has 1 saturated heterocycles. The summed E-state index contributed by atoms with van der Waals surface area (Å²) in [5.74, 6) is 1.47. The van der Waals surface area contributed by atoms with E-state index in [1.807, 2.05) is 62.4 Å². The van der Waals surface area contributed by atoms with Crippen molar-refractivity contribution >= 4 is 40.0 Å². The normalized spacial score (nSPS) is 14.8. The van der Waals surface area contributed by atoms with Crippen molar-refractivity contribution in [3.05, 3.63) is 94.5 Å². The lowest BCUT2D eigenvalue weighted by molar-refractivity contribution is -0.119. The molecule has 8 nitrogen and oxygen atoms in total. The van der Waals surface area contributed by atoms with Crippen LogP contribution in [0.1, 0.15) is 35.5 Å². The number of carbonyl (C=O) groups is 1. The van der Waals surface area contributed by atoms with Crippen LogP contribution in [0, 0.1) is 20.8 Å². The molecule has 5 aromatic rings. The predicted molar refractivity (Wildman–Crippen MR) is 168 cm³/mol. The van der Waals surface area contributed by atoms with E-state index < -0.39 is 0 Å². The predicted octanol–water partition coefficient (Wildman–Crippen LogP) is 6.44. The molecule has 3 aromatic heterocycles. The van der Waals surface area contributed by atoms with E-state index in [1.54, 1.807) is 6.20 Å². The Kier molecular flexibility index (Phi) is 7.82. The highest BCUT2D eigenvalue weighted by Gasteiger charge is 2.20. The molecule has 0 radical (unpaired) electrons. The number of fused-ring (bicyclic) bond motifs is 1. The molecule has 4 heterocycles. The third-order valence-corrected chi connectivity index (χ3v) is 8.11.